The Balaban J connectivity index is 2.72. The smallest absolute Gasteiger partial charge is 0.254 e. The lowest BCUT2D eigenvalue weighted by Crippen LogP contribution is -2.47. The van der Waals surface area contributed by atoms with Crippen molar-refractivity contribution < 1.29 is 14.7 Å². The highest BCUT2D eigenvalue weighted by atomic mass is 16.3. The number of aliphatic hydroxyl groups is 1. The van der Waals surface area contributed by atoms with Crippen LogP contribution in [-0.2, 0) is 9.59 Å². The Bertz CT molecular complexity index is 446. The van der Waals surface area contributed by atoms with E-state index in [1.165, 1.54) is 7.05 Å². The number of hydrogen-bond acceptors (Lipinski definition) is 3. The van der Waals surface area contributed by atoms with E-state index in [0.717, 1.165) is 0 Å². The summed E-state index contributed by atoms with van der Waals surface area (Å²) in [5.41, 5.74) is 0.505. The number of amides is 2. The van der Waals surface area contributed by atoms with Gasteiger partial charge in [-0.15, -0.1) is 0 Å². The lowest BCUT2D eigenvalue weighted by Gasteiger charge is -2.21. The second-order valence-electron chi connectivity index (χ2n) is 5.12. The minimum absolute atomic E-state index is 0.256. The van der Waals surface area contributed by atoms with Crippen molar-refractivity contribution in [2.75, 3.05) is 7.05 Å². The molecule has 0 aliphatic rings. The number of likely N-dealkylation sites (N-methyl/N-ethyl adjacent to an activating group) is 1. The van der Waals surface area contributed by atoms with Crippen LogP contribution < -0.4 is 10.6 Å². The van der Waals surface area contributed by atoms with Crippen LogP contribution in [0.3, 0.4) is 0 Å². The zero-order valence-corrected chi connectivity index (χ0v) is 12.1. The molecule has 1 rings (SSSR count). The van der Waals surface area contributed by atoms with Gasteiger partial charge in [-0.25, -0.2) is 0 Å². The first-order chi connectivity index (χ1) is 9.45. The standard InChI is InChI=1S/C15H22N2O3/c1-10(2)9-12(14(19)16-3)17-15(20)13(18)11-7-5-4-6-8-11/h4-8,10,12-13,18H,9H2,1-3H3,(H,16,19)(H,17,20)/t12?,13-/m1/s1. The number of hydrogen-bond donors (Lipinski definition) is 3. The molecule has 1 aromatic carbocycles. The van der Waals surface area contributed by atoms with Crippen molar-refractivity contribution in [1.82, 2.24) is 10.6 Å². The second kappa shape index (κ2) is 7.65. The lowest BCUT2D eigenvalue weighted by atomic mass is 10.0. The van der Waals surface area contributed by atoms with Crippen molar-refractivity contribution in [3.63, 3.8) is 0 Å². The number of benzene rings is 1. The summed E-state index contributed by atoms with van der Waals surface area (Å²) in [6.07, 6.45) is -0.747. The molecule has 20 heavy (non-hydrogen) atoms. The van der Waals surface area contributed by atoms with Gasteiger partial charge in [0, 0.05) is 7.05 Å². The molecule has 5 heteroatoms. The maximum Gasteiger partial charge on any atom is 0.254 e. The summed E-state index contributed by atoms with van der Waals surface area (Å²) < 4.78 is 0. The predicted molar refractivity (Wildman–Crippen MR) is 76.9 cm³/mol. The fourth-order valence-electron chi connectivity index (χ4n) is 1.91. The third-order valence-electron chi connectivity index (χ3n) is 2.95. The van der Waals surface area contributed by atoms with E-state index in [9.17, 15) is 14.7 Å². The van der Waals surface area contributed by atoms with Gasteiger partial charge in [0.2, 0.25) is 5.91 Å². The van der Waals surface area contributed by atoms with E-state index < -0.39 is 18.1 Å². The quantitative estimate of drug-likeness (QED) is 0.726. The van der Waals surface area contributed by atoms with E-state index in [1.54, 1.807) is 30.3 Å². The Kier molecular flexibility index (Phi) is 6.18. The molecule has 0 aliphatic carbocycles. The summed E-state index contributed by atoms with van der Waals surface area (Å²) in [5.74, 6) is -0.566. The van der Waals surface area contributed by atoms with Crippen molar-refractivity contribution in [3.05, 3.63) is 35.9 Å². The maximum atomic E-state index is 12.0. The van der Waals surface area contributed by atoms with Crippen LogP contribution in [0.4, 0.5) is 0 Å². The summed E-state index contributed by atoms with van der Waals surface area (Å²) in [6, 6.07) is 8.00. The average molecular weight is 278 g/mol. The van der Waals surface area contributed by atoms with Gasteiger partial charge in [0.15, 0.2) is 6.10 Å². The summed E-state index contributed by atoms with van der Waals surface area (Å²) >= 11 is 0. The van der Waals surface area contributed by atoms with Gasteiger partial charge in [-0.2, -0.15) is 0 Å². The first kappa shape index (κ1) is 16.2. The molecule has 0 saturated heterocycles. The van der Waals surface area contributed by atoms with Gasteiger partial charge < -0.3 is 15.7 Å². The summed E-state index contributed by atoms with van der Waals surface area (Å²) in [6.45, 7) is 3.94. The van der Waals surface area contributed by atoms with Gasteiger partial charge in [0.1, 0.15) is 6.04 Å². The zero-order valence-electron chi connectivity index (χ0n) is 12.1. The van der Waals surface area contributed by atoms with Gasteiger partial charge >= 0.3 is 0 Å². The van der Waals surface area contributed by atoms with Gasteiger partial charge in [0.25, 0.3) is 5.91 Å². The first-order valence-corrected chi connectivity index (χ1v) is 6.70. The van der Waals surface area contributed by atoms with Crippen LogP contribution >= 0.6 is 0 Å². The van der Waals surface area contributed by atoms with Crippen LogP contribution in [0.2, 0.25) is 0 Å². The first-order valence-electron chi connectivity index (χ1n) is 6.70. The predicted octanol–water partition coefficient (Wildman–Crippen LogP) is 0.997. The summed E-state index contributed by atoms with van der Waals surface area (Å²) in [4.78, 5) is 23.7. The Morgan fingerprint density at radius 3 is 2.25 bits per heavy atom. The molecule has 2 amide bonds. The summed E-state index contributed by atoms with van der Waals surface area (Å²) in [7, 11) is 1.52. The number of carbonyl (C=O) groups is 2. The molecule has 0 bridgehead atoms. The molecule has 1 aromatic rings. The molecular formula is C15H22N2O3. The minimum Gasteiger partial charge on any atom is -0.378 e. The topological polar surface area (TPSA) is 78.4 Å². The van der Waals surface area contributed by atoms with Crippen molar-refractivity contribution in [2.24, 2.45) is 5.92 Å². The van der Waals surface area contributed by atoms with Crippen LogP contribution in [0.1, 0.15) is 31.9 Å². The Morgan fingerprint density at radius 1 is 1.15 bits per heavy atom. The normalized spacial score (nSPS) is 13.7. The molecule has 5 nitrogen and oxygen atoms in total. The van der Waals surface area contributed by atoms with Crippen LogP contribution in [0.25, 0.3) is 0 Å². The molecule has 0 saturated carbocycles. The molecule has 0 radical (unpaired) electrons. The third kappa shape index (κ3) is 4.66. The molecular weight excluding hydrogens is 256 g/mol. The highest BCUT2D eigenvalue weighted by Crippen LogP contribution is 2.13. The van der Waals surface area contributed by atoms with Gasteiger partial charge in [-0.05, 0) is 17.9 Å². The number of nitrogens with one attached hydrogen (secondary N) is 2. The maximum absolute atomic E-state index is 12.0. The molecule has 0 heterocycles. The Morgan fingerprint density at radius 2 is 1.75 bits per heavy atom. The number of carbonyl (C=O) groups excluding carboxylic acids is 2. The molecule has 2 atom stereocenters. The fraction of sp³-hybridized carbons (Fsp3) is 0.467. The molecule has 0 aliphatic heterocycles. The molecule has 1 unspecified atom stereocenters. The fourth-order valence-corrected chi connectivity index (χ4v) is 1.91. The van der Waals surface area contributed by atoms with E-state index in [0.29, 0.717) is 12.0 Å². The molecule has 110 valence electrons. The molecule has 3 N–H and O–H groups in total. The highest BCUT2D eigenvalue weighted by Gasteiger charge is 2.25. The van der Waals surface area contributed by atoms with Crippen LogP contribution in [-0.4, -0.2) is 30.0 Å². The summed E-state index contributed by atoms with van der Waals surface area (Å²) in [5, 5.41) is 15.1. The minimum atomic E-state index is -1.27. The van der Waals surface area contributed by atoms with Crippen molar-refractivity contribution in [1.29, 1.82) is 0 Å². The number of rotatable bonds is 6. The Labute approximate surface area is 119 Å². The van der Waals surface area contributed by atoms with E-state index in [1.807, 2.05) is 13.8 Å². The lowest BCUT2D eigenvalue weighted by molar-refractivity contribution is -0.134. The molecule has 0 spiro atoms. The van der Waals surface area contributed by atoms with Gasteiger partial charge in [-0.3, -0.25) is 9.59 Å². The largest absolute Gasteiger partial charge is 0.378 e. The van der Waals surface area contributed by atoms with E-state index in [2.05, 4.69) is 10.6 Å². The molecule has 0 fully saturated rings. The molecule has 0 aromatic heterocycles. The highest BCUT2D eigenvalue weighted by molar-refractivity contribution is 5.89. The van der Waals surface area contributed by atoms with Crippen LogP contribution in [0.15, 0.2) is 30.3 Å². The van der Waals surface area contributed by atoms with Gasteiger partial charge in [-0.1, -0.05) is 44.2 Å². The van der Waals surface area contributed by atoms with Crippen LogP contribution in [0, 0.1) is 5.92 Å². The third-order valence-corrected chi connectivity index (χ3v) is 2.95. The van der Waals surface area contributed by atoms with E-state index in [-0.39, 0.29) is 11.8 Å². The monoisotopic (exact) mass is 278 g/mol. The van der Waals surface area contributed by atoms with E-state index in [4.69, 9.17) is 0 Å². The second-order valence-corrected chi connectivity index (χ2v) is 5.12. The van der Waals surface area contributed by atoms with Gasteiger partial charge in [0.05, 0.1) is 0 Å². The van der Waals surface area contributed by atoms with Crippen LogP contribution in [0.5, 0.6) is 0 Å². The SMILES string of the molecule is CNC(=O)C(CC(C)C)NC(=O)[C@H](O)c1ccccc1. The average Bonchev–Trinajstić information content (AvgIpc) is 2.45. The number of aliphatic hydroxyl groups excluding tert-OH is 1. The van der Waals surface area contributed by atoms with Crippen molar-refractivity contribution >= 4 is 11.8 Å². The zero-order chi connectivity index (χ0) is 15.1. The van der Waals surface area contributed by atoms with Crippen molar-refractivity contribution in [2.45, 2.75) is 32.4 Å². The Hall–Kier alpha value is -1.88. The van der Waals surface area contributed by atoms with E-state index >= 15 is 0 Å². The van der Waals surface area contributed by atoms with Crippen molar-refractivity contribution in [3.8, 4) is 0 Å².